The highest BCUT2D eigenvalue weighted by molar-refractivity contribution is 5.92. The molecule has 1 amide bonds. The number of benzene rings is 1. The summed E-state index contributed by atoms with van der Waals surface area (Å²) >= 11 is 0. The monoisotopic (exact) mass is 332 g/mol. The van der Waals surface area contributed by atoms with Crippen molar-refractivity contribution in [2.45, 2.75) is 37.5 Å². The van der Waals surface area contributed by atoms with Crippen molar-refractivity contribution in [2.75, 3.05) is 0 Å². The minimum atomic E-state index is -1.89. The fourth-order valence-corrected chi connectivity index (χ4v) is 4.92. The van der Waals surface area contributed by atoms with E-state index in [2.05, 4.69) is 11.4 Å². The Kier molecular flexibility index (Phi) is 3.16. The lowest BCUT2D eigenvalue weighted by Gasteiger charge is -2.52. The average Bonchev–Trinajstić information content (AvgIpc) is 2.87. The molecule has 3 aliphatic rings. The summed E-state index contributed by atoms with van der Waals surface area (Å²) < 4.78 is 6.32. The van der Waals surface area contributed by atoms with Gasteiger partial charge in [0.15, 0.2) is 5.41 Å². The number of nitrogens with zero attached hydrogens (tertiary/aromatic N) is 3. The molecule has 3 fully saturated rings. The van der Waals surface area contributed by atoms with Crippen molar-refractivity contribution in [3.8, 4) is 18.2 Å². The normalized spacial score (nSPS) is 37.7. The molecule has 0 unspecified atom stereocenters. The summed E-state index contributed by atoms with van der Waals surface area (Å²) in [7, 11) is 0. The summed E-state index contributed by atoms with van der Waals surface area (Å²) in [4.78, 5) is 13.0. The molecule has 2 aliphatic heterocycles. The molecule has 2 heterocycles. The minimum absolute atomic E-state index is 0.495. The lowest BCUT2D eigenvalue weighted by atomic mass is 9.51. The number of carbonyl (C=O) groups is 1. The number of nitriles is 3. The van der Waals surface area contributed by atoms with Crippen LogP contribution in [0.5, 0.6) is 0 Å². The molecule has 1 saturated carbocycles. The summed E-state index contributed by atoms with van der Waals surface area (Å²) in [5, 5.41) is 33.0. The number of ether oxygens (including phenoxy) is 1. The second kappa shape index (κ2) is 5.06. The van der Waals surface area contributed by atoms with E-state index in [-0.39, 0.29) is 0 Å². The molecule has 1 aromatic rings. The van der Waals surface area contributed by atoms with Crippen LogP contribution in [0.1, 0.15) is 37.4 Å². The van der Waals surface area contributed by atoms with Crippen molar-refractivity contribution in [1.82, 2.24) is 5.32 Å². The second-order valence-electron chi connectivity index (χ2n) is 7.00. The standard InChI is InChI=1S/C19H16N4O2/c20-10-17(11-21)15(13-6-2-1-3-7-13)25-19-9-5-4-8-14(19)18(17,12-22)16(24)23-19/h1-3,6-7,14-15H,4-5,8-9H2,(H,23,24)/t14-,15+,18+,19+/m1/s1. The Hall–Kier alpha value is -2.88. The molecule has 4 rings (SSSR count). The predicted octanol–water partition coefficient (Wildman–Crippen LogP) is 2.32. The molecule has 2 saturated heterocycles. The van der Waals surface area contributed by atoms with E-state index in [1.807, 2.05) is 18.2 Å². The smallest absolute Gasteiger partial charge is 0.246 e. The second-order valence-corrected chi connectivity index (χ2v) is 7.00. The maximum atomic E-state index is 13.0. The zero-order valence-corrected chi connectivity index (χ0v) is 13.5. The van der Waals surface area contributed by atoms with E-state index in [0.717, 1.165) is 12.8 Å². The molecule has 0 spiro atoms. The van der Waals surface area contributed by atoms with Gasteiger partial charge in [0.2, 0.25) is 11.3 Å². The predicted molar refractivity (Wildman–Crippen MR) is 84.8 cm³/mol. The van der Waals surface area contributed by atoms with Crippen molar-refractivity contribution >= 4 is 5.91 Å². The first-order valence-electron chi connectivity index (χ1n) is 8.39. The summed E-state index contributed by atoms with van der Waals surface area (Å²) in [6, 6.07) is 15.1. The highest BCUT2D eigenvalue weighted by atomic mass is 16.5. The lowest BCUT2D eigenvalue weighted by molar-refractivity contribution is -0.227. The van der Waals surface area contributed by atoms with Crippen LogP contribution in [-0.2, 0) is 9.53 Å². The molecule has 4 atom stereocenters. The van der Waals surface area contributed by atoms with Gasteiger partial charge in [-0.15, -0.1) is 0 Å². The van der Waals surface area contributed by atoms with Gasteiger partial charge in [-0.25, -0.2) is 0 Å². The SMILES string of the molecule is N#CC1(C#N)[C@H](c2ccccc2)O[C@@]23CCCC[C@@H]2[C@@]1(C#N)C(=O)N3. The zero-order chi connectivity index (χ0) is 17.7. The van der Waals surface area contributed by atoms with Crippen LogP contribution in [0.25, 0.3) is 0 Å². The van der Waals surface area contributed by atoms with Crippen LogP contribution in [-0.4, -0.2) is 11.6 Å². The van der Waals surface area contributed by atoms with Gasteiger partial charge in [0, 0.05) is 5.92 Å². The molecular weight excluding hydrogens is 316 g/mol. The first-order chi connectivity index (χ1) is 12.1. The van der Waals surface area contributed by atoms with Crippen LogP contribution in [0.3, 0.4) is 0 Å². The molecule has 2 bridgehead atoms. The Morgan fingerprint density at radius 2 is 1.80 bits per heavy atom. The van der Waals surface area contributed by atoms with Crippen LogP contribution in [0, 0.1) is 50.7 Å². The molecule has 6 heteroatoms. The van der Waals surface area contributed by atoms with Crippen molar-refractivity contribution in [3.05, 3.63) is 35.9 Å². The van der Waals surface area contributed by atoms with Crippen molar-refractivity contribution in [1.29, 1.82) is 15.8 Å². The summed E-state index contributed by atoms with van der Waals surface area (Å²) in [6.45, 7) is 0. The maximum Gasteiger partial charge on any atom is 0.246 e. The Labute approximate surface area is 145 Å². The van der Waals surface area contributed by atoms with Crippen molar-refractivity contribution < 1.29 is 9.53 Å². The number of rotatable bonds is 1. The third-order valence-electron chi connectivity index (χ3n) is 6.03. The van der Waals surface area contributed by atoms with Crippen LogP contribution < -0.4 is 5.32 Å². The van der Waals surface area contributed by atoms with Gasteiger partial charge in [-0.05, 0) is 24.8 Å². The van der Waals surface area contributed by atoms with Crippen LogP contribution >= 0.6 is 0 Å². The number of hydrogen-bond acceptors (Lipinski definition) is 5. The summed E-state index contributed by atoms with van der Waals surface area (Å²) in [6.07, 6.45) is 1.92. The first-order valence-corrected chi connectivity index (χ1v) is 8.39. The number of amides is 1. The summed E-state index contributed by atoms with van der Waals surface area (Å²) in [5.41, 5.74) is -3.96. The van der Waals surface area contributed by atoms with Gasteiger partial charge in [0.05, 0.1) is 18.2 Å². The number of nitrogens with one attached hydrogen (secondary N) is 1. The van der Waals surface area contributed by atoms with E-state index in [0.29, 0.717) is 18.4 Å². The molecule has 25 heavy (non-hydrogen) atoms. The van der Waals surface area contributed by atoms with E-state index < -0.39 is 34.5 Å². The largest absolute Gasteiger partial charge is 0.345 e. The van der Waals surface area contributed by atoms with Crippen LogP contribution in [0.15, 0.2) is 30.3 Å². The van der Waals surface area contributed by atoms with E-state index >= 15 is 0 Å². The van der Waals surface area contributed by atoms with Gasteiger partial charge in [-0.2, -0.15) is 15.8 Å². The summed E-state index contributed by atoms with van der Waals surface area (Å²) in [5.74, 6) is -1.05. The molecular formula is C19H16N4O2. The van der Waals surface area contributed by atoms with E-state index in [9.17, 15) is 20.6 Å². The van der Waals surface area contributed by atoms with Crippen molar-refractivity contribution in [3.63, 3.8) is 0 Å². The highest BCUT2D eigenvalue weighted by Crippen LogP contribution is 2.67. The first kappa shape index (κ1) is 15.6. The third-order valence-corrected chi connectivity index (χ3v) is 6.03. The Morgan fingerprint density at radius 3 is 2.44 bits per heavy atom. The molecule has 124 valence electrons. The van der Waals surface area contributed by atoms with Gasteiger partial charge in [0.1, 0.15) is 11.8 Å². The molecule has 6 nitrogen and oxygen atoms in total. The van der Waals surface area contributed by atoms with E-state index in [1.54, 1.807) is 24.3 Å². The lowest BCUT2D eigenvalue weighted by Crippen LogP contribution is -2.61. The minimum Gasteiger partial charge on any atom is -0.345 e. The van der Waals surface area contributed by atoms with Gasteiger partial charge in [-0.3, -0.25) is 4.79 Å². The molecule has 1 N–H and O–H groups in total. The van der Waals surface area contributed by atoms with Gasteiger partial charge < -0.3 is 10.1 Å². The molecule has 0 radical (unpaired) electrons. The quantitative estimate of drug-likeness (QED) is 0.848. The van der Waals surface area contributed by atoms with Gasteiger partial charge in [-0.1, -0.05) is 36.8 Å². The third kappa shape index (κ3) is 1.62. The number of carbonyl (C=O) groups excluding carboxylic acids is 1. The van der Waals surface area contributed by atoms with E-state index in [4.69, 9.17) is 4.74 Å². The molecule has 0 aromatic heterocycles. The number of hydrogen-bond donors (Lipinski definition) is 1. The van der Waals surface area contributed by atoms with Crippen molar-refractivity contribution in [2.24, 2.45) is 16.7 Å². The van der Waals surface area contributed by atoms with Crippen LogP contribution in [0.2, 0.25) is 0 Å². The van der Waals surface area contributed by atoms with E-state index in [1.165, 1.54) is 0 Å². The Morgan fingerprint density at radius 1 is 1.08 bits per heavy atom. The molecule has 1 aliphatic carbocycles. The van der Waals surface area contributed by atoms with Gasteiger partial charge >= 0.3 is 0 Å². The Balaban J connectivity index is 2.01. The van der Waals surface area contributed by atoms with Gasteiger partial charge in [0.25, 0.3) is 0 Å². The average molecular weight is 332 g/mol. The maximum absolute atomic E-state index is 13.0. The zero-order valence-electron chi connectivity index (χ0n) is 13.5. The van der Waals surface area contributed by atoms with Crippen LogP contribution in [0.4, 0.5) is 0 Å². The Bertz CT molecular complexity index is 848. The highest BCUT2D eigenvalue weighted by Gasteiger charge is 2.80. The fourth-order valence-electron chi connectivity index (χ4n) is 4.92. The molecule has 1 aromatic carbocycles. The fraction of sp³-hybridized carbons (Fsp3) is 0.474. The topological polar surface area (TPSA) is 110 Å².